The summed E-state index contributed by atoms with van der Waals surface area (Å²) >= 11 is 0. The van der Waals surface area contributed by atoms with Crippen LogP contribution in [0, 0.1) is 5.41 Å². The number of halogens is 3. The number of benzene rings is 3. The topological polar surface area (TPSA) is 24.8 Å². The molecule has 0 aliphatic carbocycles. The lowest BCUT2D eigenvalue weighted by molar-refractivity contribution is -0.137. The molecule has 4 rings (SSSR count). The second-order valence-electron chi connectivity index (χ2n) is 10.6. The summed E-state index contributed by atoms with van der Waals surface area (Å²) < 4.78 is 46.5. The summed E-state index contributed by atoms with van der Waals surface area (Å²) in [6, 6.07) is 25.5. The third-order valence-electron chi connectivity index (χ3n) is 6.23. The van der Waals surface area contributed by atoms with Crippen LogP contribution < -0.4 is 15.5 Å². The van der Waals surface area contributed by atoms with Gasteiger partial charge in [0.05, 0.1) is 19.8 Å². The SMILES string of the molecule is CC(C)(OP(c1ccccc1)c1ccccc1)C1=N[C@@H](C(C)(C)C)CN1c1ccc(C(F)(F)F)cc1. The first-order valence-electron chi connectivity index (χ1n) is 12.0. The van der Waals surface area contributed by atoms with Crippen LogP contribution in [0.5, 0.6) is 0 Å². The van der Waals surface area contributed by atoms with Crippen LogP contribution in [-0.4, -0.2) is 24.0 Å². The number of anilines is 1. The largest absolute Gasteiger partial charge is 0.416 e. The van der Waals surface area contributed by atoms with Crippen molar-refractivity contribution in [3.05, 3.63) is 90.5 Å². The highest BCUT2D eigenvalue weighted by Crippen LogP contribution is 2.43. The quantitative estimate of drug-likeness (QED) is 0.327. The lowest BCUT2D eigenvalue weighted by Crippen LogP contribution is -2.45. The van der Waals surface area contributed by atoms with Crippen molar-refractivity contribution >= 4 is 30.3 Å². The van der Waals surface area contributed by atoms with E-state index in [1.807, 2.05) is 55.1 Å². The summed E-state index contributed by atoms with van der Waals surface area (Å²) in [5.41, 5.74) is -0.913. The molecule has 0 amide bonds. The van der Waals surface area contributed by atoms with E-state index in [1.165, 1.54) is 12.1 Å². The fourth-order valence-electron chi connectivity index (χ4n) is 4.17. The van der Waals surface area contributed by atoms with Crippen LogP contribution in [-0.2, 0) is 10.7 Å². The molecule has 0 bridgehead atoms. The predicted molar refractivity (Wildman–Crippen MR) is 144 cm³/mol. The maximum absolute atomic E-state index is 13.2. The number of aliphatic imine (C=N–C) groups is 1. The summed E-state index contributed by atoms with van der Waals surface area (Å²) in [5, 5.41) is 2.16. The highest BCUT2D eigenvalue weighted by atomic mass is 31.1. The molecular formula is C29H32F3N2OP. The van der Waals surface area contributed by atoms with E-state index in [2.05, 4.69) is 45.0 Å². The molecule has 1 aliphatic heterocycles. The van der Waals surface area contributed by atoms with E-state index < -0.39 is 25.5 Å². The molecule has 7 heteroatoms. The van der Waals surface area contributed by atoms with Crippen LogP contribution in [0.25, 0.3) is 0 Å². The van der Waals surface area contributed by atoms with Gasteiger partial charge in [-0.2, -0.15) is 13.2 Å². The Labute approximate surface area is 212 Å². The minimum absolute atomic E-state index is 0.0302. The smallest absolute Gasteiger partial charge is 0.336 e. The fraction of sp³-hybridized carbons (Fsp3) is 0.345. The molecule has 190 valence electrons. The number of alkyl halides is 3. The van der Waals surface area contributed by atoms with E-state index in [-0.39, 0.29) is 11.5 Å². The summed E-state index contributed by atoms with van der Waals surface area (Å²) in [4.78, 5) is 7.12. The van der Waals surface area contributed by atoms with Crippen molar-refractivity contribution in [2.45, 2.75) is 52.4 Å². The normalized spacial score (nSPS) is 17.0. The Kier molecular flexibility index (Phi) is 7.32. The zero-order valence-corrected chi connectivity index (χ0v) is 22.1. The van der Waals surface area contributed by atoms with Crippen LogP contribution in [0.3, 0.4) is 0 Å². The van der Waals surface area contributed by atoms with Gasteiger partial charge in [-0.3, -0.25) is 4.99 Å². The lowest BCUT2D eigenvalue weighted by atomic mass is 9.87. The first-order chi connectivity index (χ1) is 16.9. The molecule has 0 spiro atoms. The average molecular weight is 513 g/mol. The van der Waals surface area contributed by atoms with E-state index in [4.69, 9.17) is 9.52 Å². The van der Waals surface area contributed by atoms with Gasteiger partial charge < -0.3 is 9.42 Å². The molecule has 1 aliphatic rings. The minimum Gasteiger partial charge on any atom is -0.336 e. The summed E-state index contributed by atoms with van der Waals surface area (Å²) in [6.45, 7) is 11.0. The maximum Gasteiger partial charge on any atom is 0.416 e. The van der Waals surface area contributed by atoms with Gasteiger partial charge >= 0.3 is 6.18 Å². The Balaban J connectivity index is 1.72. The standard InChI is InChI=1S/C29H32F3N2OP/c1-27(2,3)25-20-34(22-18-16-21(17-19-22)29(30,31)32)26(33-25)28(4,5)35-36(23-12-8-6-9-13-23)24-14-10-7-11-15-24/h6-19,25H,20H2,1-5H3/t25-/m1/s1. The van der Waals surface area contributed by atoms with Crippen molar-refractivity contribution in [2.24, 2.45) is 10.4 Å². The molecule has 3 aromatic carbocycles. The molecule has 1 heterocycles. The Morgan fingerprint density at radius 2 is 1.28 bits per heavy atom. The molecule has 0 saturated carbocycles. The molecule has 1 atom stereocenters. The van der Waals surface area contributed by atoms with Gasteiger partial charge in [0.1, 0.15) is 11.4 Å². The highest BCUT2D eigenvalue weighted by molar-refractivity contribution is 7.68. The number of hydrogen-bond donors (Lipinski definition) is 0. The van der Waals surface area contributed by atoms with Crippen molar-refractivity contribution in [3.8, 4) is 0 Å². The molecular weight excluding hydrogens is 480 g/mol. The van der Waals surface area contributed by atoms with E-state index in [1.54, 1.807) is 0 Å². The molecule has 0 N–H and O–H groups in total. The van der Waals surface area contributed by atoms with E-state index >= 15 is 0 Å². The summed E-state index contributed by atoms with van der Waals surface area (Å²) in [6.07, 6.45) is -4.38. The molecule has 3 nitrogen and oxygen atoms in total. The van der Waals surface area contributed by atoms with Gasteiger partial charge in [-0.15, -0.1) is 0 Å². The first kappa shape index (κ1) is 26.4. The van der Waals surface area contributed by atoms with Gasteiger partial charge in [0.25, 0.3) is 0 Å². The molecule has 0 radical (unpaired) electrons. The summed E-state index contributed by atoms with van der Waals surface area (Å²) in [7, 11) is -1.16. The summed E-state index contributed by atoms with van der Waals surface area (Å²) in [5.74, 6) is 0.724. The van der Waals surface area contributed by atoms with E-state index in [9.17, 15) is 13.2 Å². The zero-order valence-electron chi connectivity index (χ0n) is 21.3. The molecule has 0 aromatic heterocycles. The van der Waals surface area contributed by atoms with Crippen LogP contribution in [0.2, 0.25) is 0 Å². The number of nitrogens with zero attached hydrogens (tertiary/aromatic N) is 2. The fourth-order valence-corrected chi connectivity index (χ4v) is 6.11. The number of rotatable bonds is 6. The predicted octanol–water partition coefficient (Wildman–Crippen LogP) is 7.18. The van der Waals surface area contributed by atoms with Crippen LogP contribution in [0.15, 0.2) is 89.9 Å². The second-order valence-corrected chi connectivity index (χ2v) is 12.4. The van der Waals surface area contributed by atoms with Crippen LogP contribution in [0.1, 0.15) is 40.2 Å². The average Bonchev–Trinajstić information content (AvgIpc) is 3.31. The van der Waals surface area contributed by atoms with Crippen molar-refractivity contribution in [2.75, 3.05) is 11.4 Å². The molecule has 36 heavy (non-hydrogen) atoms. The van der Waals surface area contributed by atoms with E-state index in [0.717, 1.165) is 28.6 Å². The molecule has 3 aromatic rings. The zero-order chi connectivity index (χ0) is 26.1. The van der Waals surface area contributed by atoms with Gasteiger partial charge in [0, 0.05) is 22.8 Å². The lowest BCUT2D eigenvalue weighted by Gasteiger charge is -2.35. The first-order valence-corrected chi connectivity index (χ1v) is 13.2. The Morgan fingerprint density at radius 3 is 1.72 bits per heavy atom. The van der Waals surface area contributed by atoms with E-state index in [0.29, 0.717) is 12.2 Å². The van der Waals surface area contributed by atoms with Crippen molar-refractivity contribution in [1.29, 1.82) is 0 Å². The highest BCUT2D eigenvalue weighted by Gasteiger charge is 2.43. The van der Waals surface area contributed by atoms with Gasteiger partial charge in [-0.1, -0.05) is 81.4 Å². The number of amidine groups is 1. The van der Waals surface area contributed by atoms with Crippen LogP contribution in [0.4, 0.5) is 18.9 Å². The van der Waals surface area contributed by atoms with Gasteiger partial charge in [-0.05, 0) is 43.5 Å². The second kappa shape index (κ2) is 9.99. The third-order valence-corrected chi connectivity index (χ3v) is 8.41. The monoisotopic (exact) mass is 512 g/mol. The Bertz CT molecular complexity index is 1150. The molecule has 0 unspecified atom stereocenters. The van der Waals surface area contributed by atoms with Crippen molar-refractivity contribution < 1.29 is 17.7 Å². The third kappa shape index (κ3) is 5.82. The Morgan fingerprint density at radius 1 is 0.778 bits per heavy atom. The maximum atomic E-state index is 13.2. The van der Waals surface area contributed by atoms with Crippen LogP contribution >= 0.6 is 8.15 Å². The van der Waals surface area contributed by atoms with Crippen molar-refractivity contribution in [1.82, 2.24) is 0 Å². The van der Waals surface area contributed by atoms with Gasteiger partial charge in [0.15, 0.2) is 0 Å². The molecule has 0 fully saturated rings. The minimum atomic E-state index is -4.38. The van der Waals surface area contributed by atoms with Crippen molar-refractivity contribution in [3.63, 3.8) is 0 Å². The number of hydrogen-bond acceptors (Lipinski definition) is 3. The molecule has 0 saturated heterocycles. The Hall–Kier alpha value is -2.69. The van der Waals surface area contributed by atoms with Gasteiger partial charge in [-0.25, -0.2) is 0 Å². The van der Waals surface area contributed by atoms with Gasteiger partial charge in [0.2, 0.25) is 0 Å².